The maximum absolute atomic E-state index is 13.3. The molecule has 15 heteroatoms. The van der Waals surface area contributed by atoms with Crippen molar-refractivity contribution in [2.75, 3.05) is 48.3 Å². The number of imide groups is 2. The second-order valence-electron chi connectivity index (χ2n) is 14.5. The minimum Gasteiger partial charge on any atom is -0.377 e. The van der Waals surface area contributed by atoms with Gasteiger partial charge >= 0.3 is 0 Å². The number of amides is 6. The first-order valence-electron chi connectivity index (χ1n) is 19.3. The molecule has 2 saturated heterocycles. The predicted molar refractivity (Wildman–Crippen MR) is 213 cm³/mol. The molecule has 294 valence electrons. The molecule has 57 heavy (non-hydrogen) atoms. The van der Waals surface area contributed by atoms with Crippen molar-refractivity contribution >= 4 is 74.9 Å². The minimum atomic E-state index is -1.07. The third-order valence-corrected chi connectivity index (χ3v) is 10.7. The lowest BCUT2D eigenvalue weighted by Crippen LogP contribution is -2.54. The van der Waals surface area contributed by atoms with E-state index in [1.165, 1.54) is 12.3 Å². The van der Waals surface area contributed by atoms with Crippen LogP contribution in [0.3, 0.4) is 0 Å². The molecule has 0 saturated carbocycles. The Hall–Kier alpha value is -6.64. The fraction of sp³-hybridized carbons (Fsp3) is 0.333. The third-order valence-electron chi connectivity index (χ3n) is 10.7. The van der Waals surface area contributed by atoms with Crippen LogP contribution in [0, 0.1) is 0 Å². The Morgan fingerprint density at radius 1 is 0.842 bits per heavy atom. The predicted octanol–water partition coefficient (Wildman–Crippen LogP) is 4.15. The monoisotopic (exact) mass is 772 g/mol. The molecule has 0 spiro atoms. The maximum Gasteiger partial charge on any atom is 0.264 e. The summed E-state index contributed by atoms with van der Waals surface area (Å²) in [5.74, 6) is -2.88. The van der Waals surface area contributed by atoms with Crippen molar-refractivity contribution in [3.8, 4) is 0 Å². The van der Waals surface area contributed by atoms with Gasteiger partial charge in [0.1, 0.15) is 6.04 Å². The fourth-order valence-electron chi connectivity index (χ4n) is 7.63. The van der Waals surface area contributed by atoms with Gasteiger partial charge in [0.25, 0.3) is 17.7 Å². The van der Waals surface area contributed by atoms with Crippen molar-refractivity contribution in [2.24, 2.45) is 5.73 Å². The van der Waals surface area contributed by atoms with Gasteiger partial charge in [-0.25, -0.2) is 0 Å². The number of primary amides is 1. The van der Waals surface area contributed by atoms with Crippen LogP contribution in [0.15, 0.2) is 72.9 Å². The first-order valence-corrected chi connectivity index (χ1v) is 19.3. The summed E-state index contributed by atoms with van der Waals surface area (Å²) in [6.07, 6.45) is 5.32. The summed E-state index contributed by atoms with van der Waals surface area (Å²) < 4.78 is 0. The number of piperidine rings is 1. The number of hydrogen-bond acceptors (Lipinski definition) is 11. The van der Waals surface area contributed by atoms with E-state index in [4.69, 9.17) is 5.73 Å². The molecular formula is C42H44N8O7. The molecule has 4 heterocycles. The van der Waals surface area contributed by atoms with Crippen LogP contribution in [0.2, 0.25) is 0 Å². The Kier molecular flexibility index (Phi) is 11.5. The number of hydrogen-bond donors (Lipinski definition) is 4. The van der Waals surface area contributed by atoms with Crippen LogP contribution in [0.25, 0.3) is 10.9 Å². The minimum absolute atomic E-state index is 0.0304. The largest absolute Gasteiger partial charge is 0.377 e. The van der Waals surface area contributed by atoms with Gasteiger partial charge in [-0.1, -0.05) is 37.1 Å². The number of anilines is 4. The molecule has 0 aliphatic carbocycles. The molecule has 4 aromatic rings. The van der Waals surface area contributed by atoms with E-state index in [9.17, 15) is 33.6 Å². The number of carbonyl (C=O) groups is 7. The molecule has 3 aliphatic heterocycles. The van der Waals surface area contributed by atoms with Gasteiger partial charge in [0, 0.05) is 74.1 Å². The van der Waals surface area contributed by atoms with Gasteiger partial charge in [0.2, 0.25) is 17.7 Å². The zero-order valence-electron chi connectivity index (χ0n) is 31.4. The summed E-state index contributed by atoms with van der Waals surface area (Å²) in [5.41, 5.74) is 9.73. The zero-order valence-corrected chi connectivity index (χ0v) is 31.4. The average Bonchev–Trinajstić information content (AvgIpc) is 3.47. The highest BCUT2D eigenvalue weighted by molar-refractivity contribution is 6.25. The highest BCUT2D eigenvalue weighted by Crippen LogP contribution is 2.34. The van der Waals surface area contributed by atoms with Crippen molar-refractivity contribution in [2.45, 2.75) is 57.4 Å². The molecule has 2 fully saturated rings. The highest BCUT2D eigenvalue weighted by atomic mass is 16.2. The molecule has 0 radical (unpaired) electrons. The van der Waals surface area contributed by atoms with E-state index in [1.54, 1.807) is 12.1 Å². The highest BCUT2D eigenvalue weighted by Gasteiger charge is 2.45. The Bertz CT molecular complexity index is 2250. The van der Waals surface area contributed by atoms with Gasteiger partial charge in [-0.05, 0) is 61.7 Å². The van der Waals surface area contributed by atoms with Crippen molar-refractivity contribution < 1.29 is 33.6 Å². The average molecular weight is 773 g/mol. The molecule has 15 nitrogen and oxygen atoms in total. The van der Waals surface area contributed by atoms with Gasteiger partial charge in [0.05, 0.1) is 34.4 Å². The molecule has 5 N–H and O–H groups in total. The number of piperazine rings is 1. The second kappa shape index (κ2) is 17.0. The maximum atomic E-state index is 13.3. The van der Waals surface area contributed by atoms with Gasteiger partial charge < -0.3 is 26.2 Å². The summed E-state index contributed by atoms with van der Waals surface area (Å²) >= 11 is 0. The van der Waals surface area contributed by atoms with Crippen molar-refractivity contribution in [1.82, 2.24) is 20.1 Å². The number of ketones is 1. The Morgan fingerprint density at radius 2 is 1.60 bits per heavy atom. The van der Waals surface area contributed by atoms with Crippen LogP contribution in [-0.4, -0.2) is 94.8 Å². The van der Waals surface area contributed by atoms with Crippen molar-refractivity contribution in [3.05, 3.63) is 89.6 Å². The summed E-state index contributed by atoms with van der Waals surface area (Å²) in [5, 5.41) is 9.31. The number of aromatic nitrogens is 1. The van der Waals surface area contributed by atoms with Gasteiger partial charge in [-0.2, -0.15) is 0 Å². The quantitative estimate of drug-likeness (QED) is 0.0999. The van der Waals surface area contributed by atoms with E-state index in [0.29, 0.717) is 62.4 Å². The number of rotatable bonds is 15. The standard InChI is InChI=1S/C42H44N8O7/c43-39(54)31-25-45-32-16-15-27(23-30(32)38(31)46-26-9-4-3-5-10-26)48-19-21-49(22-20-48)36(53)14-7-2-1-6-11-28(51)24-44-33-13-8-12-29-37(33)42(57)50(41(29)56)34-17-18-35(52)47-40(34)55/h3-5,8-10,12-13,15-16,23,25,34,44H,1-2,6-7,11,14,17-22,24H2,(H2,43,54)(H,45,46)(H,47,52,55). The topological polar surface area (TPSA) is 204 Å². The summed E-state index contributed by atoms with van der Waals surface area (Å²) in [6.45, 7) is 2.47. The van der Waals surface area contributed by atoms with E-state index in [2.05, 4.69) is 25.8 Å². The van der Waals surface area contributed by atoms with Gasteiger partial charge in [-0.3, -0.25) is 48.8 Å². The second-order valence-corrected chi connectivity index (χ2v) is 14.5. The lowest BCUT2D eigenvalue weighted by Gasteiger charge is -2.36. The lowest BCUT2D eigenvalue weighted by molar-refractivity contribution is -0.136. The van der Waals surface area contributed by atoms with Crippen LogP contribution in [0.4, 0.5) is 22.7 Å². The number of Topliss-reactive ketones (excluding diaryl/α,β-unsaturated/α-hetero) is 1. The first-order chi connectivity index (χ1) is 27.6. The first kappa shape index (κ1) is 38.6. The Morgan fingerprint density at radius 3 is 2.33 bits per heavy atom. The molecule has 1 atom stereocenters. The number of unbranched alkanes of at least 4 members (excludes halogenated alkanes) is 3. The number of nitrogens with one attached hydrogen (secondary N) is 3. The molecule has 1 aromatic heterocycles. The number of carbonyl (C=O) groups excluding carboxylic acids is 7. The Balaban J connectivity index is 0.832. The van der Waals surface area contributed by atoms with Crippen molar-refractivity contribution in [3.63, 3.8) is 0 Å². The van der Waals surface area contributed by atoms with E-state index >= 15 is 0 Å². The fourth-order valence-corrected chi connectivity index (χ4v) is 7.63. The zero-order chi connectivity index (χ0) is 40.1. The van der Waals surface area contributed by atoms with Crippen LogP contribution in [0.5, 0.6) is 0 Å². The summed E-state index contributed by atoms with van der Waals surface area (Å²) in [4.78, 5) is 97.9. The molecular weight excluding hydrogens is 729 g/mol. The molecule has 6 amide bonds. The van der Waals surface area contributed by atoms with Crippen molar-refractivity contribution in [1.29, 1.82) is 0 Å². The summed E-state index contributed by atoms with van der Waals surface area (Å²) in [6, 6.07) is 19.2. The smallest absolute Gasteiger partial charge is 0.264 e. The third kappa shape index (κ3) is 8.47. The number of fused-ring (bicyclic) bond motifs is 2. The lowest BCUT2D eigenvalue weighted by atomic mass is 10.0. The molecule has 7 rings (SSSR count). The molecule has 3 aliphatic rings. The van der Waals surface area contributed by atoms with Crippen LogP contribution in [-0.2, 0) is 19.2 Å². The van der Waals surface area contributed by atoms with E-state index < -0.39 is 35.6 Å². The molecule has 1 unspecified atom stereocenters. The number of nitrogens with zero attached hydrogens (tertiary/aromatic N) is 4. The van der Waals surface area contributed by atoms with Crippen LogP contribution >= 0.6 is 0 Å². The molecule has 3 aromatic carbocycles. The normalized spacial score (nSPS) is 16.8. The van der Waals surface area contributed by atoms with E-state index in [0.717, 1.165) is 46.4 Å². The number of benzene rings is 3. The van der Waals surface area contributed by atoms with E-state index in [1.807, 2.05) is 53.4 Å². The van der Waals surface area contributed by atoms with Gasteiger partial charge in [0.15, 0.2) is 5.78 Å². The number of nitrogens with two attached hydrogens (primary N) is 1. The van der Waals surface area contributed by atoms with Crippen LogP contribution in [0.1, 0.15) is 82.4 Å². The Labute approximate surface area is 328 Å². The number of pyridine rings is 1. The van der Waals surface area contributed by atoms with Gasteiger partial charge in [-0.15, -0.1) is 0 Å². The summed E-state index contributed by atoms with van der Waals surface area (Å²) in [7, 11) is 0. The molecule has 0 bridgehead atoms. The van der Waals surface area contributed by atoms with E-state index in [-0.39, 0.29) is 42.2 Å². The number of para-hydroxylation sites is 1. The SMILES string of the molecule is NC(=O)c1cnc2ccc(N3CCN(C(=O)CCCCCCC(=O)CNc4cccc5c4C(=O)N(C4CCC(=O)NC4=O)C5=O)CC3)cc2c1Nc1ccccc1. The van der Waals surface area contributed by atoms with Crippen LogP contribution < -0.4 is 26.6 Å².